The van der Waals surface area contributed by atoms with Crippen LogP contribution in [0.2, 0.25) is 0 Å². The van der Waals surface area contributed by atoms with Crippen molar-refractivity contribution in [2.75, 3.05) is 7.05 Å². The molecule has 0 amide bonds. The van der Waals surface area contributed by atoms with Gasteiger partial charge in [-0.2, -0.15) is 5.10 Å². The molecule has 1 aromatic rings. The molecule has 20 heavy (non-hydrogen) atoms. The lowest BCUT2D eigenvalue weighted by atomic mass is 9.88. The van der Waals surface area contributed by atoms with E-state index < -0.39 is 0 Å². The molecule has 0 radical (unpaired) electrons. The van der Waals surface area contributed by atoms with Crippen molar-refractivity contribution in [1.82, 2.24) is 15.1 Å². The molecule has 0 aliphatic carbocycles. The lowest BCUT2D eigenvalue weighted by Gasteiger charge is -2.26. The first-order valence-corrected chi connectivity index (χ1v) is 8.42. The molecule has 0 saturated carbocycles. The van der Waals surface area contributed by atoms with Gasteiger partial charge in [0.05, 0.1) is 5.69 Å². The van der Waals surface area contributed by atoms with Crippen molar-refractivity contribution >= 4 is 0 Å². The van der Waals surface area contributed by atoms with Gasteiger partial charge in [0.25, 0.3) is 0 Å². The molecule has 1 N–H and O–H groups in total. The quantitative estimate of drug-likeness (QED) is 0.706. The Labute approximate surface area is 125 Å². The zero-order valence-corrected chi connectivity index (χ0v) is 14.1. The number of hydrogen-bond acceptors (Lipinski definition) is 2. The van der Waals surface area contributed by atoms with Gasteiger partial charge >= 0.3 is 0 Å². The molecule has 0 bridgehead atoms. The van der Waals surface area contributed by atoms with E-state index in [1.54, 1.807) is 0 Å². The molecule has 0 aliphatic heterocycles. The summed E-state index contributed by atoms with van der Waals surface area (Å²) < 4.78 is 2.18. The summed E-state index contributed by atoms with van der Waals surface area (Å²) in [7, 11) is 2.11. The van der Waals surface area contributed by atoms with Gasteiger partial charge in [-0.25, -0.2) is 0 Å². The molecule has 0 aromatic carbocycles. The second-order valence-electron chi connectivity index (χ2n) is 5.73. The SMILES string of the molecule is CCCC(CCC)C(Cc1cc(CC)nn1CC)NC. The van der Waals surface area contributed by atoms with Gasteiger partial charge in [-0.05, 0) is 45.2 Å². The summed E-state index contributed by atoms with van der Waals surface area (Å²) in [5.74, 6) is 0.778. The summed E-state index contributed by atoms with van der Waals surface area (Å²) in [6.07, 6.45) is 7.31. The molecule has 1 heterocycles. The first-order valence-electron chi connectivity index (χ1n) is 8.42. The third kappa shape index (κ3) is 4.62. The van der Waals surface area contributed by atoms with Crippen LogP contribution in [0.15, 0.2) is 6.07 Å². The number of aryl methyl sites for hydroxylation is 2. The van der Waals surface area contributed by atoms with Crippen molar-refractivity contribution in [2.24, 2.45) is 5.92 Å². The Bertz CT molecular complexity index is 364. The zero-order valence-electron chi connectivity index (χ0n) is 14.1. The molecule has 3 nitrogen and oxygen atoms in total. The van der Waals surface area contributed by atoms with Gasteiger partial charge in [0, 0.05) is 24.7 Å². The standard InChI is InChI=1S/C17H33N3/c1-6-10-14(11-7-2)17(18-5)13-16-12-15(8-3)19-20(16)9-4/h12,14,17-18H,6-11,13H2,1-5H3. The van der Waals surface area contributed by atoms with E-state index in [9.17, 15) is 0 Å². The smallest absolute Gasteiger partial charge is 0.0624 e. The van der Waals surface area contributed by atoms with Crippen molar-refractivity contribution in [1.29, 1.82) is 0 Å². The topological polar surface area (TPSA) is 29.9 Å². The summed E-state index contributed by atoms with van der Waals surface area (Å²) >= 11 is 0. The molecule has 1 aromatic heterocycles. The average molecular weight is 279 g/mol. The average Bonchev–Trinajstić information content (AvgIpc) is 2.86. The number of aromatic nitrogens is 2. The Balaban J connectivity index is 2.82. The summed E-state index contributed by atoms with van der Waals surface area (Å²) in [6.45, 7) is 9.91. The van der Waals surface area contributed by atoms with Crippen molar-refractivity contribution in [2.45, 2.75) is 78.8 Å². The van der Waals surface area contributed by atoms with Crippen LogP contribution in [0.1, 0.15) is 64.8 Å². The number of likely N-dealkylation sites (N-methyl/N-ethyl adjacent to an activating group) is 1. The van der Waals surface area contributed by atoms with Crippen LogP contribution >= 0.6 is 0 Å². The molecule has 0 fully saturated rings. The Morgan fingerprint density at radius 2 is 1.80 bits per heavy atom. The van der Waals surface area contributed by atoms with E-state index in [1.807, 2.05) is 0 Å². The molecule has 0 spiro atoms. The first kappa shape index (κ1) is 17.2. The lowest BCUT2D eigenvalue weighted by Crippen LogP contribution is -2.36. The lowest BCUT2D eigenvalue weighted by molar-refractivity contribution is 0.318. The van der Waals surface area contributed by atoms with Gasteiger partial charge in [-0.1, -0.05) is 33.6 Å². The predicted octanol–water partition coefficient (Wildman–Crippen LogP) is 3.81. The summed E-state index contributed by atoms with van der Waals surface area (Å²) in [6, 6.07) is 2.87. The number of nitrogens with one attached hydrogen (secondary N) is 1. The highest BCUT2D eigenvalue weighted by molar-refractivity contribution is 5.12. The van der Waals surface area contributed by atoms with Crippen LogP contribution in [-0.2, 0) is 19.4 Å². The van der Waals surface area contributed by atoms with Gasteiger partial charge in [0.2, 0.25) is 0 Å². The van der Waals surface area contributed by atoms with E-state index in [0.717, 1.165) is 25.3 Å². The van der Waals surface area contributed by atoms with E-state index in [2.05, 4.69) is 55.9 Å². The Morgan fingerprint density at radius 1 is 1.15 bits per heavy atom. The fraction of sp³-hybridized carbons (Fsp3) is 0.824. The van der Waals surface area contributed by atoms with Crippen molar-refractivity contribution < 1.29 is 0 Å². The fourth-order valence-corrected chi connectivity index (χ4v) is 3.14. The molecule has 0 aliphatic rings. The maximum Gasteiger partial charge on any atom is 0.0624 e. The minimum Gasteiger partial charge on any atom is -0.316 e. The van der Waals surface area contributed by atoms with E-state index in [1.165, 1.54) is 37.1 Å². The van der Waals surface area contributed by atoms with E-state index in [4.69, 9.17) is 0 Å². The predicted molar refractivity (Wildman–Crippen MR) is 87.1 cm³/mol. The van der Waals surface area contributed by atoms with Gasteiger partial charge in [-0.3, -0.25) is 4.68 Å². The highest BCUT2D eigenvalue weighted by Crippen LogP contribution is 2.21. The second-order valence-corrected chi connectivity index (χ2v) is 5.73. The number of hydrogen-bond donors (Lipinski definition) is 1. The van der Waals surface area contributed by atoms with Gasteiger partial charge < -0.3 is 5.32 Å². The Hall–Kier alpha value is -0.830. The molecule has 1 atom stereocenters. The van der Waals surface area contributed by atoms with Crippen LogP contribution < -0.4 is 5.32 Å². The monoisotopic (exact) mass is 279 g/mol. The molecule has 1 unspecified atom stereocenters. The molecule has 116 valence electrons. The maximum absolute atomic E-state index is 4.67. The molecule has 0 saturated heterocycles. The van der Waals surface area contributed by atoms with E-state index in [0.29, 0.717) is 6.04 Å². The second kappa shape index (κ2) is 9.17. The molecular formula is C17H33N3. The van der Waals surface area contributed by atoms with Crippen molar-refractivity contribution in [3.05, 3.63) is 17.5 Å². The normalized spacial score (nSPS) is 13.1. The van der Waals surface area contributed by atoms with Crippen LogP contribution in [0.25, 0.3) is 0 Å². The minimum atomic E-state index is 0.571. The third-order valence-electron chi connectivity index (χ3n) is 4.26. The number of nitrogens with zero attached hydrogens (tertiary/aromatic N) is 2. The zero-order chi connectivity index (χ0) is 15.0. The van der Waals surface area contributed by atoms with Crippen LogP contribution in [-0.4, -0.2) is 22.9 Å². The van der Waals surface area contributed by atoms with Crippen LogP contribution in [0, 0.1) is 5.92 Å². The Kier molecular flexibility index (Phi) is 7.90. The highest BCUT2D eigenvalue weighted by atomic mass is 15.3. The molecule has 1 rings (SSSR count). The minimum absolute atomic E-state index is 0.571. The summed E-state index contributed by atoms with van der Waals surface area (Å²) in [5.41, 5.74) is 2.61. The van der Waals surface area contributed by atoms with Gasteiger partial charge in [-0.15, -0.1) is 0 Å². The first-order chi connectivity index (χ1) is 9.69. The molecule has 3 heteroatoms. The van der Waals surface area contributed by atoms with Gasteiger partial charge in [0.1, 0.15) is 0 Å². The molecular weight excluding hydrogens is 246 g/mol. The maximum atomic E-state index is 4.67. The summed E-state index contributed by atoms with van der Waals surface area (Å²) in [4.78, 5) is 0. The van der Waals surface area contributed by atoms with Crippen LogP contribution in [0.3, 0.4) is 0 Å². The van der Waals surface area contributed by atoms with Crippen LogP contribution in [0.5, 0.6) is 0 Å². The fourth-order valence-electron chi connectivity index (χ4n) is 3.14. The van der Waals surface area contributed by atoms with Crippen LogP contribution in [0.4, 0.5) is 0 Å². The Morgan fingerprint density at radius 3 is 2.25 bits per heavy atom. The summed E-state index contributed by atoms with van der Waals surface area (Å²) in [5, 5.41) is 8.23. The van der Waals surface area contributed by atoms with Crippen molar-refractivity contribution in [3.8, 4) is 0 Å². The largest absolute Gasteiger partial charge is 0.316 e. The number of rotatable bonds is 10. The highest BCUT2D eigenvalue weighted by Gasteiger charge is 2.20. The third-order valence-corrected chi connectivity index (χ3v) is 4.26. The van der Waals surface area contributed by atoms with E-state index in [-0.39, 0.29) is 0 Å². The van der Waals surface area contributed by atoms with E-state index >= 15 is 0 Å². The van der Waals surface area contributed by atoms with Gasteiger partial charge in [0.15, 0.2) is 0 Å². The van der Waals surface area contributed by atoms with Crippen molar-refractivity contribution in [3.63, 3.8) is 0 Å².